The Labute approximate surface area is 189 Å². The number of hydrogen-bond donors (Lipinski definition) is 1. The molecule has 1 aromatic carbocycles. The van der Waals surface area contributed by atoms with Gasteiger partial charge in [0.1, 0.15) is 6.29 Å². The standard InChI is InChI=1S/C22H26F4N4O3/c1-6-7-18(16(4)29-30(11-10-27-5)14(2)13-31)28-15(3)17-8-9-19-20(12-17)33-22(25,26)21(23,24)32-19/h6-9,12-14,27H,3,10-11H2,1-2,4-5H3/b7-6-,28-18?,29-16+. The Bertz CT molecular complexity index is 976. The van der Waals surface area contributed by atoms with Gasteiger partial charge >= 0.3 is 12.2 Å². The highest BCUT2D eigenvalue weighted by Gasteiger charge is 2.65. The van der Waals surface area contributed by atoms with Gasteiger partial charge in [-0.3, -0.25) is 5.01 Å². The quantitative estimate of drug-likeness (QED) is 0.241. The Morgan fingerprint density at radius 3 is 2.45 bits per heavy atom. The summed E-state index contributed by atoms with van der Waals surface area (Å²) in [6.45, 7) is 10.1. The summed E-state index contributed by atoms with van der Waals surface area (Å²) < 4.78 is 62.0. The monoisotopic (exact) mass is 470 g/mol. The number of carbonyl (C=O) groups excluding carboxylic acids is 1. The summed E-state index contributed by atoms with van der Waals surface area (Å²) in [5, 5.41) is 9.07. The number of rotatable bonds is 10. The van der Waals surface area contributed by atoms with Crippen LogP contribution in [0, 0.1) is 0 Å². The first-order chi connectivity index (χ1) is 15.5. The zero-order chi connectivity index (χ0) is 24.8. The minimum Gasteiger partial charge on any atom is -0.421 e. The van der Waals surface area contributed by atoms with E-state index in [2.05, 4.69) is 31.5 Å². The lowest BCUT2D eigenvalue weighted by Gasteiger charge is -2.31. The van der Waals surface area contributed by atoms with E-state index in [0.717, 1.165) is 18.4 Å². The van der Waals surface area contributed by atoms with E-state index in [1.807, 2.05) is 0 Å². The van der Waals surface area contributed by atoms with Crippen molar-refractivity contribution in [2.24, 2.45) is 10.1 Å². The number of hydrazone groups is 1. The number of allylic oxidation sites excluding steroid dienone is 2. The van der Waals surface area contributed by atoms with Crippen LogP contribution < -0.4 is 14.8 Å². The summed E-state index contributed by atoms with van der Waals surface area (Å²) >= 11 is 0. The number of likely N-dealkylation sites (N-methyl/N-ethyl adjacent to an activating group) is 1. The molecule has 33 heavy (non-hydrogen) atoms. The maximum Gasteiger partial charge on any atom is 0.507 e. The van der Waals surface area contributed by atoms with E-state index in [4.69, 9.17) is 0 Å². The second-order valence-electron chi connectivity index (χ2n) is 7.17. The molecule has 1 unspecified atom stereocenters. The molecule has 0 fully saturated rings. The van der Waals surface area contributed by atoms with E-state index in [0.29, 0.717) is 24.5 Å². The SMILES string of the molecule is C=C(N=C(/C=C\C)/C(C)=N/N(CCNC)C(C)C=O)c1ccc2c(c1)OC(F)(F)C(F)(F)O2. The molecule has 0 bridgehead atoms. The fourth-order valence-corrected chi connectivity index (χ4v) is 2.74. The molecular formula is C22H26F4N4O3. The number of nitrogens with zero attached hydrogens (tertiary/aromatic N) is 3. The Morgan fingerprint density at radius 1 is 1.24 bits per heavy atom. The molecule has 11 heteroatoms. The smallest absolute Gasteiger partial charge is 0.421 e. The zero-order valence-corrected chi connectivity index (χ0v) is 18.7. The zero-order valence-electron chi connectivity index (χ0n) is 18.7. The second-order valence-corrected chi connectivity index (χ2v) is 7.17. The summed E-state index contributed by atoms with van der Waals surface area (Å²) in [5.41, 5.74) is 1.28. The number of carbonyl (C=O) groups is 1. The number of hydrogen-bond acceptors (Lipinski definition) is 7. The van der Waals surface area contributed by atoms with Gasteiger partial charge in [-0.05, 0) is 52.1 Å². The first-order valence-corrected chi connectivity index (χ1v) is 10.1. The van der Waals surface area contributed by atoms with Gasteiger partial charge in [0.25, 0.3) is 0 Å². The molecule has 7 nitrogen and oxygen atoms in total. The van der Waals surface area contributed by atoms with Crippen LogP contribution in [0.2, 0.25) is 0 Å². The summed E-state index contributed by atoms with van der Waals surface area (Å²) in [6.07, 6.45) is -5.46. The Kier molecular flexibility index (Phi) is 8.37. The van der Waals surface area contributed by atoms with E-state index in [-0.39, 0.29) is 11.3 Å². The van der Waals surface area contributed by atoms with Gasteiger partial charge in [0.05, 0.1) is 23.2 Å². The average Bonchev–Trinajstić information content (AvgIpc) is 2.75. The molecule has 1 aromatic rings. The van der Waals surface area contributed by atoms with Crippen LogP contribution in [-0.4, -0.2) is 61.1 Å². The molecule has 180 valence electrons. The minimum absolute atomic E-state index is 0.148. The van der Waals surface area contributed by atoms with Crippen LogP contribution in [0.5, 0.6) is 11.5 Å². The van der Waals surface area contributed by atoms with Crippen molar-refractivity contribution in [1.82, 2.24) is 10.3 Å². The number of fused-ring (bicyclic) bond motifs is 1. The molecule has 0 amide bonds. The minimum atomic E-state index is -4.82. The largest absolute Gasteiger partial charge is 0.507 e. The molecule has 0 saturated carbocycles. The van der Waals surface area contributed by atoms with Crippen LogP contribution in [0.1, 0.15) is 26.3 Å². The fourth-order valence-electron chi connectivity index (χ4n) is 2.74. The van der Waals surface area contributed by atoms with Crippen LogP contribution in [0.15, 0.2) is 47.0 Å². The molecule has 1 N–H and O–H groups in total. The molecule has 1 heterocycles. The highest BCUT2D eigenvalue weighted by Crippen LogP contribution is 2.47. The average molecular weight is 470 g/mol. The van der Waals surface area contributed by atoms with E-state index >= 15 is 0 Å². The molecule has 1 aliphatic rings. The van der Waals surface area contributed by atoms with Crippen molar-refractivity contribution in [2.75, 3.05) is 20.1 Å². The van der Waals surface area contributed by atoms with Crippen LogP contribution in [0.4, 0.5) is 17.6 Å². The highest BCUT2D eigenvalue weighted by atomic mass is 19.3. The van der Waals surface area contributed by atoms with Crippen LogP contribution in [0.25, 0.3) is 5.70 Å². The van der Waals surface area contributed by atoms with E-state index < -0.39 is 29.8 Å². The molecule has 0 radical (unpaired) electrons. The Balaban J connectivity index is 2.36. The summed E-state index contributed by atoms with van der Waals surface area (Å²) in [7, 11) is 1.78. The number of aldehydes is 1. The van der Waals surface area contributed by atoms with Crippen LogP contribution in [-0.2, 0) is 4.79 Å². The summed E-state index contributed by atoms with van der Waals surface area (Å²) in [5.74, 6) is -1.09. The molecule has 1 aliphatic heterocycles. The topological polar surface area (TPSA) is 75.5 Å². The number of aliphatic imine (C=N–C) groups is 1. The van der Waals surface area contributed by atoms with Crippen molar-refractivity contribution in [3.05, 3.63) is 42.5 Å². The molecule has 0 spiro atoms. The van der Waals surface area contributed by atoms with Crippen molar-refractivity contribution < 1.29 is 31.8 Å². The van der Waals surface area contributed by atoms with Gasteiger partial charge in [0.15, 0.2) is 11.5 Å². The summed E-state index contributed by atoms with van der Waals surface area (Å²) in [6, 6.07) is 3.05. The van der Waals surface area contributed by atoms with Gasteiger partial charge < -0.3 is 19.6 Å². The van der Waals surface area contributed by atoms with Gasteiger partial charge in [-0.25, -0.2) is 4.99 Å². The third-order valence-electron chi connectivity index (χ3n) is 4.58. The molecule has 0 aliphatic carbocycles. The highest BCUT2D eigenvalue weighted by molar-refractivity contribution is 6.46. The van der Waals surface area contributed by atoms with Crippen molar-refractivity contribution >= 4 is 23.4 Å². The molecular weight excluding hydrogens is 444 g/mol. The van der Waals surface area contributed by atoms with Gasteiger partial charge in [-0.2, -0.15) is 22.7 Å². The van der Waals surface area contributed by atoms with E-state index in [1.165, 1.54) is 6.07 Å². The Hall–Kier alpha value is -3.21. The first-order valence-electron chi connectivity index (χ1n) is 10.1. The molecule has 0 saturated heterocycles. The molecule has 0 aromatic heterocycles. The lowest BCUT2D eigenvalue weighted by Crippen LogP contribution is -2.52. The predicted octanol–water partition coefficient (Wildman–Crippen LogP) is 4.12. The van der Waals surface area contributed by atoms with Gasteiger partial charge in [-0.15, -0.1) is 0 Å². The first kappa shape index (κ1) is 26.0. The molecule has 2 rings (SSSR count). The predicted molar refractivity (Wildman–Crippen MR) is 118 cm³/mol. The van der Waals surface area contributed by atoms with E-state index in [1.54, 1.807) is 45.0 Å². The van der Waals surface area contributed by atoms with E-state index in [9.17, 15) is 22.4 Å². The normalized spacial score (nSPS) is 18.2. The van der Waals surface area contributed by atoms with Crippen LogP contribution in [0.3, 0.4) is 0 Å². The maximum atomic E-state index is 13.5. The third-order valence-corrected chi connectivity index (χ3v) is 4.58. The fraction of sp³-hybridized carbons (Fsp3) is 0.409. The third kappa shape index (κ3) is 6.19. The van der Waals surface area contributed by atoms with Crippen molar-refractivity contribution in [1.29, 1.82) is 0 Å². The summed E-state index contributed by atoms with van der Waals surface area (Å²) in [4.78, 5) is 15.7. The number of halogens is 4. The van der Waals surface area contributed by atoms with Crippen molar-refractivity contribution in [3.63, 3.8) is 0 Å². The van der Waals surface area contributed by atoms with Gasteiger partial charge in [0.2, 0.25) is 0 Å². The van der Waals surface area contributed by atoms with Crippen molar-refractivity contribution in [3.8, 4) is 11.5 Å². The Morgan fingerprint density at radius 2 is 1.88 bits per heavy atom. The maximum absolute atomic E-state index is 13.5. The number of nitrogens with one attached hydrogen (secondary N) is 1. The van der Waals surface area contributed by atoms with Crippen LogP contribution >= 0.6 is 0 Å². The number of alkyl halides is 4. The number of benzene rings is 1. The lowest BCUT2D eigenvalue weighted by molar-refractivity contribution is -0.391. The van der Waals surface area contributed by atoms with Gasteiger partial charge in [-0.1, -0.05) is 12.7 Å². The molecule has 1 atom stereocenters. The van der Waals surface area contributed by atoms with Crippen molar-refractivity contribution in [2.45, 2.75) is 39.0 Å². The lowest BCUT2D eigenvalue weighted by atomic mass is 10.1. The van der Waals surface area contributed by atoms with Gasteiger partial charge in [0, 0.05) is 18.7 Å². The second kappa shape index (κ2) is 10.6. The number of ether oxygens (including phenoxy) is 2.